The lowest BCUT2D eigenvalue weighted by Crippen LogP contribution is -2.29. The molecule has 1 amide bonds. The van der Waals surface area contributed by atoms with E-state index in [9.17, 15) is 9.59 Å². The van der Waals surface area contributed by atoms with E-state index in [4.69, 9.17) is 10.5 Å². The molecule has 0 aliphatic carbocycles. The smallest absolute Gasteiger partial charge is 0.331 e. The van der Waals surface area contributed by atoms with Crippen molar-refractivity contribution in [3.8, 4) is 0 Å². The zero-order valence-electron chi connectivity index (χ0n) is 10.2. The van der Waals surface area contributed by atoms with E-state index in [0.717, 1.165) is 10.2 Å². The quantitative estimate of drug-likeness (QED) is 0.681. The number of hydrogen-bond acceptors (Lipinski definition) is 5. The molecule has 2 rings (SSSR count). The second-order valence-corrected chi connectivity index (χ2v) is 4.90. The van der Waals surface area contributed by atoms with Gasteiger partial charge in [0.1, 0.15) is 5.01 Å². The number of benzene rings is 1. The predicted octanol–water partition coefficient (Wildman–Crippen LogP) is 1.73. The Labute approximate surface area is 113 Å². The zero-order chi connectivity index (χ0) is 13.8. The van der Waals surface area contributed by atoms with Gasteiger partial charge in [0.15, 0.2) is 6.10 Å². The standard InChI is InChI=1S/C13H12N2O3S/c1-8(13(14)17)18-12(16)7-6-11-15-9-4-2-3-5-10(9)19-11/h2-8H,1H3,(H2,14,17)/b7-6+/t8-/m1/s1. The van der Waals surface area contributed by atoms with Gasteiger partial charge in [0.25, 0.3) is 5.91 Å². The van der Waals surface area contributed by atoms with Gasteiger partial charge in [-0.25, -0.2) is 9.78 Å². The van der Waals surface area contributed by atoms with Crippen molar-refractivity contribution in [2.24, 2.45) is 5.73 Å². The van der Waals surface area contributed by atoms with Crippen molar-refractivity contribution in [3.63, 3.8) is 0 Å². The van der Waals surface area contributed by atoms with E-state index in [1.165, 1.54) is 24.3 Å². The Balaban J connectivity index is 2.05. The van der Waals surface area contributed by atoms with Gasteiger partial charge in [0.05, 0.1) is 10.2 Å². The highest BCUT2D eigenvalue weighted by Crippen LogP contribution is 2.22. The molecule has 1 atom stereocenters. The predicted molar refractivity (Wildman–Crippen MR) is 73.4 cm³/mol. The first-order chi connectivity index (χ1) is 9.06. The number of carbonyl (C=O) groups is 2. The van der Waals surface area contributed by atoms with Crippen molar-refractivity contribution >= 4 is 39.5 Å². The Morgan fingerprint density at radius 1 is 1.42 bits per heavy atom. The Morgan fingerprint density at radius 3 is 2.84 bits per heavy atom. The third-order valence-corrected chi connectivity index (χ3v) is 3.37. The number of rotatable bonds is 4. The van der Waals surface area contributed by atoms with Gasteiger partial charge in [-0.2, -0.15) is 0 Å². The maximum atomic E-state index is 11.4. The fourth-order valence-corrected chi connectivity index (χ4v) is 2.24. The monoisotopic (exact) mass is 276 g/mol. The number of ether oxygens (including phenoxy) is 1. The molecule has 0 unspecified atom stereocenters. The second-order valence-electron chi connectivity index (χ2n) is 3.83. The molecule has 1 aromatic carbocycles. The molecule has 0 spiro atoms. The summed E-state index contributed by atoms with van der Waals surface area (Å²) >= 11 is 1.47. The molecule has 0 saturated heterocycles. The number of primary amides is 1. The largest absolute Gasteiger partial charge is 0.449 e. The molecule has 98 valence electrons. The number of amides is 1. The number of nitrogens with zero attached hydrogens (tertiary/aromatic N) is 1. The summed E-state index contributed by atoms with van der Waals surface area (Å²) in [6.07, 6.45) is 1.85. The van der Waals surface area contributed by atoms with Crippen LogP contribution in [0.2, 0.25) is 0 Å². The molecule has 1 heterocycles. The first-order valence-electron chi connectivity index (χ1n) is 5.60. The third-order valence-electron chi connectivity index (χ3n) is 2.37. The summed E-state index contributed by atoms with van der Waals surface area (Å²) in [4.78, 5) is 26.5. The zero-order valence-corrected chi connectivity index (χ0v) is 11.0. The van der Waals surface area contributed by atoms with Gasteiger partial charge in [-0.15, -0.1) is 11.3 Å². The van der Waals surface area contributed by atoms with Gasteiger partial charge in [-0.1, -0.05) is 12.1 Å². The van der Waals surface area contributed by atoms with E-state index in [0.29, 0.717) is 5.01 Å². The minimum atomic E-state index is -0.937. The normalized spacial score (nSPS) is 12.7. The Hall–Kier alpha value is -2.21. The van der Waals surface area contributed by atoms with Crippen LogP contribution < -0.4 is 5.73 Å². The summed E-state index contributed by atoms with van der Waals surface area (Å²) in [5.74, 6) is -1.30. The number of hydrogen-bond donors (Lipinski definition) is 1. The van der Waals surface area contributed by atoms with Crippen molar-refractivity contribution in [1.29, 1.82) is 0 Å². The summed E-state index contributed by atoms with van der Waals surface area (Å²) in [6, 6.07) is 7.68. The average Bonchev–Trinajstić information content (AvgIpc) is 2.78. The molecule has 0 bridgehead atoms. The maximum absolute atomic E-state index is 11.4. The van der Waals surface area contributed by atoms with Crippen LogP contribution in [0.4, 0.5) is 0 Å². The van der Waals surface area contributed by atoms with E-state index >= 15 is 0 Å². The van der Waals surface area contributed by atoms with E-state index in [1.54, 1.807) is 6.08 Å². The first kappa shape index (κ1) is 13.2. The number of para-hydroxylation sites is 1. The Kier molecular flexibility index (Phi) is 3.91. The van der Waals surface area contributed by atoms with Crippen LogP contribution in [0.5, 0.6) is 0 Å². The van der Waals surface area contributed by atoms with Crippen LogP contribution >= 0.6 is 11.3 Å². The molecule has 5 nitrogen and oxygen atoms in total. The average molecular weight is 276 g/mol. The lowest BCUT2D eigenvalue weighted by Gasteiger charge is -2.06. The molecule has 2 aromatic rings. The van der Waals surface area contributed by atoms with Gasteiger partial charge in [0, 0.05) is 6.08 Å². The Morgan fingerprint density at radius 2 is 2.16 bits per heavy atom. The van der Waals surface area contributed by atoms with Crippen molar-refractivity contribution in [2.45, 2.75) is 13.0 Å². The number of fused-ring (bicyclic) bond motifs is 1. The molecule has 0 radical (unpaired) electrons. The van der Waals surface area contributed by atoms with Crippen LogP contribution in [0.1, 0.15) is 11.9 Å². The van der Waals surface area contributed by atoms with E-state index < -0.39 is 18.0 Å². The van der Waals surface area contributed by atoms with Crippen molar-refractivity contribution in [1.82, 2.24) is 4.98 Å². The second kappa shape index (κ2) is 5.62. The van der Waals surface area contributed by atoms with Crippen molar-refractivity contribution in [3.05, 3.63) is 35.3 Å². The van der Waals surface area contributed by atoms with E-state index in [2.05, 4.69) is 4.98 Å². The van der Waals surface area contributed by atoms with Gasteiger partial charge >= 0.3 is 5.97 Å². The lowest BCUT2D eigenvalue weighted by molar-refractivity contribution is -0.148. The fraction of sp³-hybridized carbons (Fsp3) is 0.154. The van der Waals surface area contributed by atoms with Crippen molar-refractivity contribution in [2.75, 3.05) is 0 Å². The van der Waals surface area contributed by atoms with Crippen LogP contribution in [0.15, 0.2) is 30.3 Å². The molecule has 0 aliphatic rings. The summed E-state index contributed by atoms with van der Waals surface area (Å²) in [5, 5.41) is 0.699. The highest BCUT2D eigenvalue weighted by molar-refractivity contribution is 7.19. The van der Waals surface area contributed by atoms with Crippen LogP contribution in [0.3, 0.4) is 0 Å². The van der Waals surface area contributed by atoms with Crippen LogP contribution in [-0.2, 0) is 14.3 Å². The number of esters is 1. The van der Waals surface area contributed by atoms with Gasteiger partial charge in [0.2, 0.25) is 0 Å². The van der Waals surface area contributed by atoms with Crippen LogP contribution in [0, 0.1) is 0 Å². The van der Waals surface area contributed by atoms with E-state index in [1.807, 2.05) is 24.3 Å². The third kappa shape index (κ3) is 3.38. The number of carbonyl (C=O) groups excluding carboxylic acids is 2. The highest BCUT2D eigenvalue weighted by Gasteiger charge is 2.12. The molecule has 0 aliphatic heterocycles. The van der Waals surface area contributed by atoms with E-state index in [-0.39, 0.29) is 0 Å². The van der Waals surface area contributed by atoms with Gasteiger partial charge in [-0.3, -0.25) is 4.79 Å². The summed E-state index contributed by atoms with van der Waals surface area (Å²) in [7, 11) is 0. The molecular weight excluding hydrogens is 264 g/mol. The summed E-state index contributed by atoms with van der Waals surface area (Å²) in [5.41, 5.74) is 5.87. The summed E-state index contributed by atoms with van der Waals surface area (Å²) < 4.78 is 5.83. The molecule has 1 aromatic heterocycles. The summed E-state index contributed by atoms with van der Waals surface area (Å²) in [6.45, 7) is 1.42. The SMILES string of the molecule is C[C@@H](OC(=O)/C=C/c1nc2ccccc2s1)C(N)=O. The minimum Gasteiger partial charge on any atom is -0.449 e. The number of thiazole rings is 1. The molecule has 19 heavy (non-hydrogen) atoms. The fourth-order valence-electron chi connectivity index (χ4n) is 1.37. The Bertz CT molecular complexity index is 615. The molecule has 2 N–H and O–H groups in total. The minimum absolute atomic E-state index is 0.620. The van der Waals surface area contributed by atoms with Gasteiger partial charge in [-0.05, 0) is 25.1 Å². The van der Waals surface area contributed by atoms with Crippen LogP contribution in [-0.4, -0.2) is 23.0 Å². The molecule has 6 heteroatoms. The van der Waals surface area contributed by atoms with Gasteiger partial charge < -0.3 is 10.5 Å². The molecule has 0 saturated carbocycles. The lowest BCUT2D eigenvalue weighted by atomic mass is 10.3. The maximum Gasteiger partial charge on any atom is 0.331 e. The number of aromatic nitrogens is 1. The number of nitrogens with two attached hydrogens (primary N) is 1. The molecular formula is C13H12N2O3S. The first-order valence-corrected chi connectivity index (χ1v) is 6.41. The van der Waals surface area contributed by atoms with Crippen LogP contribution in [0.25, 0.3) is 16.3 Å². The molecule has 0 fully saturated rings. The van der Waals surface area contributed by atoms with Crippen molar-refractivity contribution < 1.29 is 14.3 Å². The topological polar surface area (TPSA) is 82.3 Å². The highest BCUT2D eigenvalue weighted by atomic mass is 32.1.